The second kappa shape index (κ2) is 10.5. The van der Waals surface area contributed by atoms with Crippen molar-refractivity contribution in [3.63, 3.8) is 0 Å². The van der Waals surface area contributed by atoms with Gasteiger partial charge < -0.3 is 14.8 Å². The summed E-state index contributed by atoms with van der Waals surface area (Å²) in [4.78, 5) is 0.0364. The molecule has 0 saturated carbocycles. The van der Waals surface area contributed by atoms with Crippen LogP contribution >= 0.6 is 0 Å². The molecule has 2 fully saturated rings. The van der Waals surface area contributed by atoms with Crippen molar-refractivity contribution in [2.75, 3.05) is 62.6 Å². The Morgan fingerprint density at radius 1 is 1.06 bits per heavy atom. The van der Waals surface area contributed by atoms with E-state index in [1.54, 1.807) is 19.9 Å². The lowest BCUT2D eigenvalue weighted by Gasteiger charge is -2.27. The zero-order valence-electron chi connectivity index (χ0n) is 18.0. The molecule has 176 valence electrons. The van der Waals surface area contributed by atoms with Crippen LogP contribution in [0.1, 0.15) is 26.7 Å². The van der Waals surface area contributed by atoms with Gasteiger partial charge in [0.2, 0.25) is 10.0 Å². The number of benzene rings is 1. The number of rotatable bonds is 10. The van der Waals surface area contributed by atoms with Crippen LogP contribution in [0.4, 0.5) is 11.4 Å². The van der Waals surface area contributed by atoms with Crippen molar-refractivity contribution in [2.45, 2.75) is 37.7 Å². The largest absolute Gasteiger partial charge is 0.381 e. The molecule has 2 N–H and O–H groups in total. The number of anilines is 2. The number of morpholine rings is 1. The number of nitrogens with zero attached hydrogens (tertiary/aromatic N) is 2. The number of nitrogens with one attached hydrogen (secondary N) is 2. The molecule has 1 atom stereocenters. The van der Waals surface area contributed by atoms with E-state index < -0.39 is 20.2 Å². The van der Waals surface area contributed by atoms with E-state index >= 15 is 0 Å². The number of hydrogen-bond donors (Lipinski definition) is 2. The van der Waals surface area contributed by atoms with Gasteiger partial charge in [-0.15, -0.1) is 0 Å². The Morgan fingerprint density at radius 2 is 1.77 bits per heavy atom. The van der Waals surface area contributed by atoms with Gasteiger partial charge in [-0.05, 0) is 31.0 Å². The molecule has 1 aromatic carbocycles. The molecule has 2 saturated heterocycles. The summed E-state index contributed by atoms with van der Waals surface area (Å²) in [5, 5.41) is 3.21. The third-order valence-electron chi connectivity index (χ3n) is 5.43. The second-order valence-electron chi connectivity index (χ2n) is 7.43. The standard InChI is InChI=1S/C19H32N4O6S2/c1-3-22(4-2)31(26,27)21-19-14-17(30(24,25)23-9-12-28-13-10-23)7-8-18(19)20-15-16-6-5-11-29-16/h7-8,14,16,20-21H,3-6,9-13,15H2,1-2H3/t16-/m0/s1. The van der Waals surface area contributed by atoms with Crippen molar-refractivity contribution in [1.29, 1.82) is 0 Å². The molecule has 10 nitrogen and oxygen atoms in total. The van der Waals surface area contributed by atoms with Gasteiger partial charge in [-0.3, -0.25) is 4.72 Å². The van der Waals surface area contributed by atoms with Gasteiger partial charge in [0.15, 0.2) is 0 Å². The Hall–Kier alpha value is -1.44. The Kier molecular flexibility index (Phi) is 8.16. The van der Waals surface area contributed by atoms with Gasteiger partial charge in [-0.2, -0.15) is 17.0 Å². The molecular formula is C19H32N4O6S2. The highest BCUT2D eigenvalue weighted by atomic mass is 32.2. The molecule has 2 aliphatic heterocycles. The maximum atomic E-state index is 13.1. The van der Waals surface area contributed by atoms with Crippen molar-refractivity contribution in [1.82, 2.24) is 8.61 Å². The summed E-state index contributed by atoms with van der Waals surface area (Å²) in [6.45, 7) is 6.52. The van der Waals surface area contributed by atoms with Crippen LogP contribution in [-0.2, 0) is 29.7 Å². The van der Waals surface area contributed by atoms with Crippen molar-refractivity contribution in [3.05, 3.63) is 18.2 Å². The molecule has 2 heterocycles. The highest BCUT2D eigenvalue weighted by Gasteiger charge is 2.28. The first kappa shape index (κ1) is 24.2. The van der Waals surface area contributed by atoms with Gasteiger partial charge in [0.25, 0.3) is 0 Å². The smallest absolute Gasteiger partial charge is 0.301 e. The molecule has 3 rings (SSSR count). The minimum atomic E-state index is -3.84. The van der Waals surface area contributed by atoms with Gasteiger partial charge in [0.05, 0.1) is 35.6 Å². The molecular weight excluding hydrogens is 444 g/mol. The highest BCUT2D eigenvalue weighted by molar-refractivity contribution is 7.90. The molecule has 0 amide bonds. The number of sulfonamides is 1. The molecule has 31 heavy (non-hydrogen) atoms. The first-order chi connectivity index (χ1) is 14.8. The van der Waals surface area contributed by atoms with Crippen LogP contribution in [0.15, 0.2) is 23.1 Å². The summed E-state index contributed by atoms with van der Waals surface area (Å²) in [7, 11) is -7.61. The maximum absolute atomic E-state index is 13.1. The van der Waals surface area contributed by atoms with Crippen LogP contribution in [-0.4, -0.2) is 84.1 Å². The topological polar surface area (TPSA) is 117 Å². The lowest BCUT2D eigenvalue weighted by Crippen LogP contribution is -2.40. The fourth-order valence-corrected chi connectivity index (χ4v) is 6.35. The normalized spacial score (nSPS) is 20.8. The maximum Gasteiger partial charge on any atom is 0.301 e. The number of hydrogen-bond acceptors (Lipinski definition) is 7. The van der Waals surface area contributed by atoms with Gasteiger partial charge in [0.1, 0.15) is 0 Å². The first-order valence-electron chi connectivity index (χ1n) is 10.6. The van der Waals surface area contributed by atoms with E-state index in [9.17, 15) is 16.8 Å². The van der Waals surface area contributed by atoms with Gasteiger partial charge in [0, 0.05) is 39.3 Å². The molecule has 0 aliphatic carbocycles. The summed E-state index contributed by atoms with van der Waals surface area (Å²) in [6, 6.07) is 4.48. The molecule has 2 aliphatic rings. The lowest BCUT2D eigenvalue weighted by molar-refractivity contribution is 0.0730. The molecule has 12 heteroatoms. The summed E-state index contributed by atoms with van der Waals surface area (Å²) in [6.07, 6.45) is 1.96. The zero-order valence-corrected chi connectivity index (χ0v) is 19.7. The average Bonchev–Trinajstić information content (AvgIpc) is 3.27. The molecule has 0 bridgehead atoms. The fourth-order valence-electron chi connectivity index (χ4n) is 3.65. The predicted octanol–water partition coefficient (Wildman–Crippen LogP) is 1.30. The molecule has 0 aromatic heterocycles. The zero-order chi connectivity index (χ0) is 22.5. The second-order valence-corrected chi connectivity index (χ2v) is 11.0. The third kappa shape index (κ3) is 5.88. The SMILES string of the molecule is CCN(CC)S(=O)(=O)Nc1cc(S(=O)(=O)N2CCOCC2)ccc1NC[C@@H]1CCCO1. The van der Waals surface area contributed by atoms with Crippen molar-refractivity contribution in [3.8, 4) is 0 Å². The van der Waals surface area contributed by atoms with E-state index in [0.717, 1.165) is 12.8 Å². The monoisotopic (exact) mass is 476 g/mol. The van der Waals surface area contributed by atoms with Crippen molar-refractivity contribution >= 4 is 31.6 Å². The molecule has 0 spiro atoms. The lowest BCUT2D eigenvalue weighted by atomic mass is 10.2. The van der Waals surface area contributed by atoms with Crippen molar-refractivity contribution in [2.24, 2.45) is 0 Å². The summed E-state index contributed by atoms with van der Waals surface area (Å²) >= 11 is 0. The van der Waals surface area contributed by atoms with Crippen molar-refractivity contribution < 1.29 is 26.3 Å². The number of ether oxygens (including phenoxy) is 2. The Morgan fingerprint density at radius 3 is 2.39 bits per heavy atom. The quantitative estimate of drug-likeness (QED) is 0.523. The Bertz CT molecular complexity index is 938. The van der Waals surface area contributed by atoms with Gasteiger partial charge >= 0.3 is 10.2 Å². The minimum absolute atomic E-state index is 0.0364. The molecule has 1 aromatic rings. The predicted molar refractivity (Wildman–Crippen MR) is 119 cm³/mol. The van der Waals surface area contributed by atoms with Crippen LogP contribution in [0.3, 0.4) is 0 Å². The first-order valence-corrected chi connectivity index (χ1v) is 13.5. The van der Waals surface area contributed by atoms with Crippen LogP contribution in [0, 0.1) is 0 Å². The molecule has 0 radical (unpaired) electrons. The van der Waals surface area contributed by atoms with E-state index in [-0.39, 0.29) is 29.8 Å². The summed E-state index contributed by atoms with van der Waals surface area (Å²) in [5.74, 6) is 0. The summed E-state index contributed by atoms with van der Waals surface area (Å²) < 4.78 is 67.9. The van der Waals surface area contributed by atoms with Crippen LogP contribution in [0.5, 0.6) is 0 Å². The average molecular weight is 477 g/mol. The third-order valence-corrected chi connectivity index (χ3v) is 9.00. The van der Waals surface area contributed by atoms with Crippen LogP contribution < -0.4 is 10.0 Å². The van der Waals surface area contributed by atoms with Gasteiger partial charge in [-0.25, -0.2) is 8.42 Å². The summed E-state index contributed by atoms with van der Waals surface area (Å²) in [5.41, 5.74) is 0.700. The minimum Gasteiger partial charge on any atom is -0.381 e. The van der Waals surface area contributed by atoms with E-state index in [1.807, 2.05) is 0 Å². The van der Waals surface area contributed by atoms with Crippen LogP contribution in [0.2, 0.25) is 0 Å². The highest BCUT2D eigenvalue weighted by Crippen LogP contribution is 2.29. The van der Waals surface area contributed by atoms with E-state index in [2.05, 4.69) is 10.0 Å². The van der Waals surface area contributed by atoms with E-state index in [4.69, 9.17) is 9.47 Å². The fraction of sp³-hybridized carbons (Fsp3) is 0.684. The van der Waals surface area contributed by atoms with Crippen LogP contribution in [0.25, 0.3) is 0 Å². The Balaban J connectivity index is 1.91. The molecule has 0 unspecified atom stereocenters. The van der Waals surface area contributed by atoms with Gasteiger partial charge in [-0.1, -0.05) is 13.8 Å². The van der Waals surface area contributed by atoms with E-state index in [0.29, 0.717) is 45.1 Å². The van der Waals surface area contributed by atoms with E-state index in [1.165, 1.54) is 20.7 Å². The Labute approximate surface area is 185 Å².